The number of nitriles is 1. The molecule has 1 heterocycles. The topological polar surface area (TPSA) is 62.5 Å². The van der Waals surface area contributed by atoms with E-state index in [0.29, 0.717) is 17.1 Å². The second-order valence-corrected chi connectivity index (χ2v) is 4.61. The number of rotatable bonds is 2. The maximum atomic E-state index is 9.69. The van der Waals surface area contributed by atoms with E-state index in [4.69, 9.17) is 9.47 Å². The van der Waals surface area contributed by atoms with Gasteiger partial charge in [0.1, 0.15) is 24.2 Å². The molecular formula is C16H13NO3. The number of nitrogens with zero attached hydrogens (tertiary/aromatic N) is 1. The van der Waals surface area contributed by atoms with Crippen molar-refractivity contribution in [2.75, 3.05) is 13.7 Å². The molecule has 0 saturated carbocycles. The highest BCUT2D eigenvalue weighted by molar-refractivity contribution is 5.78. The second kappa shape index (κ2) is 4.55. The fourth-order valence-electron chi connectivity index (χ4n) is 2.48. The zero-order valence-electron chi connectivity index (χ0n) is 11.0. The molecule has 3 rings (SSSR count). The highest BCUT2D eigenvalue weighted by Gasteiger charge is 2.41. The highest BCUT2D eigenvalue weighted by atomic mass is 16.5. The number of methoxy groups -OCH3 is 1. The fourth-order valence-corrected chi connectivity index (χ4v) is 2.48. The molecule has 1 aliphatic rings. The van der Waals surface area contributed by atoms with Crippen LogP contribution in [0.5, 0.6) is 11.5 Å². The summed E-state index contributed by atoms with van der Waals surface area (Å²) in [6, 6.07) is 15.0. The van der Waals surface area contributed by atoms with E-state index < -0.39 is 12.2 Å². The first-order valence-corrected chi connectivity index (χ1v) is 6.23. The first-order valence-electron chi connectivity index (χ1n) is 6.23. The van der Waals surface area contributed by atoms with Gasteiger partial charge < -0.3 is 14.6 Å². The summed E-state index contributed by atoms with van der Waals surface area (Å²) in [5.41, 5.74) is 1.02. The number of benzene rings is 2. The SMILES string of the molecule is COc1ccc2c(c1)C(C#N)(CO)Oc1ccccc1-2. The zero-order valence-corrected chi connectivity index (χ0v) is 11.0. The summed E-state index contributed by atoms with van der Waals surface area (Å²) >= 11 is 0. The van der Waals surface area contributed by atoms with Crippen LogP contribution in [-0.4, -0.2) is 18.8 Å². The largest absolute Gasteiger partial charge is 0.497 e. The van der Waals surface area contributed by atoms with Gasteiger partial charge in [0.2, 0.25) is 5.60 Å². The summed E-state index contributed by atoms with van der Waals surface area (Å²) in [4.78, 5) is 0. The lowest BCUT2D eigenvalue weighted by Crippen LogP contribution is -2.38. The van der Waals surface area contributed by atoms with Crippen molar-refractivity contribution < 1.29 is 14.6 Å². The third-order valence-electron chi connectivity index (χ3n) is 3.53. The van der Waals surface area contributed by atoms with Gasteiger partial charge in [0.25, 0.3) is 0 Å². The van der Waals surface area contributed by atoms with E-state index in [1.165, 1.54) is 0 Å². The van der Waals surface area contributed by atoms with Gasteiger partial charge in [-0.1, -0.05) is 24.3 Å². The fraction of sp³-hybridized carbons (Fsp3) is 0.188. The summed E-state index contributed by atoms with van der Waals surface area (Å²) in [5, 5.41) is 19.2. The summed E-state index contributed by atoms with van der Waals surface area (Å²) in [7, 11) is 1.56. The average Bonchev–Trinajstić information content (AvgIpc) is 2.53. The molecule has 0 spiro atoms. The van der Waals surface area contributed by atoms with Crippen LogP contribution in [0.4, 0.5) is 0 Å². The Morgan fingerprint density at radius 3 is 2.75 bits per heavy atom. The molecule has 100 valence electrons. The highest BCUT2D eigenvalue weighted by Crippen LogP contribution is 2.45. The van der Waals surface area contributed by atoms with Gasteiger partial charge in [0.15, 0.2) is 0 Å². The van der Waals surface area contributed by atoms with Gasteiger partial charge in [-0.2, -0.15) is 5.26 Å². The minimum Gasteiger partial charge on any atom is -0.497 e. The quantitative estimate of drug-likeness (QED) is 0.908. The molecule has 4 heteroatoms. The molecule has 20 heavy (non-hydrogen) atoms. The number of para-hydroxylation sites is 1. The summed E-state index contributed by atoms with van der Waals surface area (Å²) in [6.07, 6.45) is 0. The third-order valence-corrected chi connectivity index (χ3v) is 3.53. The van der Waals surface area contributed by atoms with Crippen LogP contribution >= 0.6 is 0 Å². The van der Waals surface area contributed by atoms with Crippen LogP contribution in [0.2, 0.25) is 0 Å². The third kappa shape index (κ3) is 1.64. The molecule has 0 aliphatic carbocycles. The predicted molar refractivity (Wildman–Crippen MR) is 73.4 cm³/mol. The summed E-state index contributed by atoms with van der Waals surface area (Å²) in [6.45, 7) is -0.419. The van der Waals surface area contributed by atoms with E-state index in [-0.39, 0.29) is 0 Å². The number of ether oxygens (including phenoxy) is 2. The van der Waals surface area contributed by atoms with Gasteiger partial charge in [-0.05, 0) is 23.8 Å². The van der Waals surface area contributed by atoms with E-state index >= 15 is 0 Å². The molecule has 2 aromatic rings. The molecule has 1 N–H and O–H groups in total. The van der Waals surface area contributed by atoms with Crippen LogP contribution in [0.3, 0.4) is 0 Å². The van der Waals surface area contributed by atoms with Crippen molar-refractivity contribution in [1.82, 2.24) is 0 Å². The minimum atomic E-state index is -1.39. The predicted octanol–water partition coefficient (Wildman–Crippen LogP) is 2.47. The van der Waals surface area contributed by atoms with Crippen molar-refractivity contribution >= 4 is 0 Å². The average molecular weight is 267 g/mol. The Labute approximate surface area is 116 Å². The Morgan fingerprint density at radius 1 is 1.25 bits per heavy atom. The molecule has 0 radical (unpaired) electrons. The normalized spacial score (nSPS) is 19.2. The van der Waals surface area contributed by atoms with Gasteiger partial charge >= 0.3 is 0 Å². The van der Waals surface area contributed by atoms with Gasteiger partial charge in [-0.25, -0.2) is 0 Å². The van der Waals surface area contributed by atoms with E-state index in [0.717, 1.165) is 11.1 Å². The van der Waals surface area contributed by atoms with Crippen molar-refractivity contribution in [2.24, 2.45) is 0 Å². The van der Waals surface area contributed by atoms with E-state index in [9.17, 15) is 10.4 Å². The second-order valence-electron chi connectivity index (χ2n) is 4.61. The van der Waals surface area contributed by atoms with E-state index in [1.54, 1.807) is 19.2 Å². The lowest BCUT2D eigenvalue weighted by atomic mass is 9.85. The van der Waals surface area contributed by atoms with Crippen LogP contribution in [0.1, 0.15) is 5.56 Å². The monoisotopic (exact) mass is 267 g/mol. The molecule has 0 bridgehead atoms. The van der Waals surface area contributed by atoms with Gasteiger partial charge in [-0.3, -0.25) is 0 Å². The maximum absolute atomic E-state index is 9.69. The van der Waals surface area contributed by atoms with E-state index in [2.05, 4.69) is 6.07 Å². The van der Waals surface area contributed by atoms with Gasteiger partial charge in [0.05, 0.1) is 7.11 Å². The zero-order chi connectivity index (χ0) is 14.2. The maximum Gasteiger partial charge on any atom is 0.243 e. The number of aliphatic hydroxyl groups excluding tert-OH is 1. The van der Waals surface area contributed by atoms with Crippen LogP contribution in [0, 0.1) is 11.3 Å². The molecule has 1 atom stereocenters. The van der Waals surface area contributed by atoms with Crippen LogP contribution < -0.4 is 9.47 Å². The Morgan fingerprint density at radius 2 is 2.05 bits per heavy atom. The molecule has 4 nitrogen and oxygen atoms in total. The van der Waals surface area contributed by atoms with Crippen molar-refractivity contribution in [3.8, 4) is 28.7 Å². The molecule has 2 aromatic carbocycles. The first-order chi connectivity index (χ1) is 9.74. The molecule has 0 aromatic heterocycles. The Hall–Kier alpha value is -2.51. The van der Waals surface area contributed by atoms with Crippen LogP contribution in [0.15, 0.2) is 42.5 Å². The molecular weight excluding hydrogens is 254 g/mol. The Kier molecular flexibility index (Phi) is 2.85. The van der Waals surface area contributed by atoms with Crippen LogP contribution in [-0.2, 0) is 5.60 Å². The van der Waals surface area contributed by atoms with Gasteiger partial charge in [0, 0.05) is 11.1 Å². The number of aliphatic hydroxyl groups is 1. The van der Waals surface area contributed by atoms with Crippen molar-refractivity contribution in [3.05, 3.63) is 48.0 Å². The number of hydrogen-bond acceptors (Lipinski definition) is 4. The molecule has 0 fully saturated rings. The Balaban J connectivity index is 2.32. The van der Waals surface area contributed by atoms with Crippen molar-refractivity contribution in [3.63, 3.8) is 0 Å². The minimum absolute atomic E-state index is 0.419. The summed E-state index contributed by atoms with van der Waals surface area (Å²) < 4.78 is 11.0. The van der Waals surface area contributed by atoms with Crippen molar-refractivity contribution in [1.29, 1.82) is 5.26 Å². The van der Waals surface area contributed by atoms with E-state index in [1.807, 2.05) is 30.3 Å². The molecule has 1 aliphatic heterocycles. The lowest BCUT2D eigenvalue weighted by molar-refractivity contribution is 0.0520. The molecule has 1 unspecified atom stereocenters. The number of fused-ring (bicyclic) bond motifs is 3. The smallest absolute Gasteiger partial charge is 0.243 e. The lowest BCUT2D eigenvalue weighted by Gasteiger charge is -2.34. The Bertz CT molecular complexity index is 705. The van der Waals surface area contributed by atoms with Gasteiger partial charge in [-0.15, -0.1) is 0 Å². The van der Waals surface area contributed by atoms with Crippen molar-refractivity contribution in [2.45, 2.75) is 5.60 Å². The molecule has 0 amide bonds. The summed E-state index contributed by atoms with van der Waals surface area (Å²) in [5.74, 6) is 1.22. The molecule has 0 saturated heterocycles. The van der Waals surface area contributed by atoms with Crippen LogP contribution in [0.25, 0.3) is 11.1 Å². The standard InChI is InChI=1S/C16H13NO3/c1-19-11-6-7-12-13-4-2-3-5-15(13)20-16(9-17,10-18)14(12)8-11/h2-8,18H,10H2,1H3. The first kappa shape index (κ1) is 12.5. The number of hydrogen-bond donors (Lipinski definition) is 1.